The average Bonchev–Trinajstić information content (AvgIpc) is 2.84. The average molecular weight is 454 g/mol. The van der Waals surface area contributed by atoms with E-state index in [0.717, 1.165) is 12.1 Å². The van der Waals surface area contributed by atoms with E-state index in [1.807, 2.05) is 92.4 Å². The van der Waals surface area contributed by atoms with Crippen molar-refractivity contribution >= 4 is 16.8 Å². The van der Waals surface area contributed by atoms with Crippen molar-refractivity contribution in [3.05, 3.63) is 107 Å². The monoisotopic (exact) mass is 453 g/mol. The fourth-order valence-corrected chi connectivity index (χ4v) is 4.29. The molecule has 0 N–H and O–H groups in total. The lowest BCUT2D eigenvalue weighted by Crippen LogP contribution is -2.39. The van der Waals surface area contributed by atoms with Crippen molar-refractivity contribution in [2.45, 2.75) is 39.7 Å². The number of benzene rings is 3. The molecule has 4 rings (SSSR count). The van der Waals surface area contributed by atoms with Gasteiger partial charge in [-0.3, -0.25) is 14.2 Å². The number of rotatable bonds is 8. The molecule has 0 aliphatic rings. The Kier molecular flexibility index (Phi) is 7.21. The third-order valence-electron chi connectivity index (χ3n) is 6.04. The number of carbonyl (C=O) groups excluding carboxylic acids is 1. The summed E-state index contributed by atoms with van der Waals surface area (Å²) in [6.45, 7) is 6.62. The molecular formula is C29H31N3O2. The molecular weight excluding hydrogens is 422 g/mol. The number of nitrogens with zero attached hydrogens (tertiary/aromatic N) is 3. The minimum Gasteiger partial charge on any atom is -0.332 e. The largest absolute Gasteiger partial charge is 0.332 e. The van der Waals surface area contributed by atoms with Crippen molar-refractivity contribution in [1.82, 2.24) is 14.5 Å². The molecule has 5 nitrogen and oxygen atoms in total. The molecule has 1 atom stereocenters. The smallest absolute Gasteiger partial charge is 0.266 e. The zero-order valence-electron chi connectivity index (χ0n) is 20.0. The highest BCUT2D eigenvalue weighted by molar-refractivity contribution is 5.79. The molecule has 0 saturated carbocycles. The molecule has 0 bridgehead atoms. The lowest BCUT2D eigenvalue weighted by molar-refractivity contribution is -0.134. The van der Waals surface area contributed by atoms with Gasteiger partial charge in [0, 0.05) is 13.0 Å². The molecule has 0 saturated heterocycles. The molecule has 1 heterocycles. The minimum atomic E-state index is -0.382. The minimum absolute atomic E-state index is 0.0699. The number of amides is 1. The van der Waals surface area contributed by atoms with E-state index in [-0.39, 0.29) is 23.4 Å². The topological polar surface area (TPSA) is 55.2 Å². The van der Waals surface area contributed by atoms with Gasteiger partial charge < -0.3 is 4.90 Å². The molecule has 5 heteroatoms. The van der Waals surface area contributed by atoms with E-state index in [0.29, 0.717) is 29.7 Å². The summed E-state index contributed by atoms with van der Waals surface area (Å²) < 4.78 is 1.66. The van der Waals surface area contributed by atoms with E-state index >= 15 is 0 Å². The maximum absolute atomic E-state index is 13.6. The number of fused-ring (bicyclic) bond motifs is 1. The van der Waals surface area contributed by atoms with Crippen LogP contribution in [0.2, 0.25) is 0 Å². The Morgan fingerprint density at radius 1 is 0.882 bits per heavy atom. The highest BCUT2D eigenvalue weighted by atomic mass is 16.2. The summed E-state index contributed by atoms with van der Waals surface area (Å²) in [6.07, 6.45) is 1.18. The summed E-state index contributed by atoms with van der Waals surface area (Å²) in [5.74, 6) is 0.875. The number of hydrogen-bond acceptors (Lipinski definition) is 3. The van der Waals surface area contributed by atoms with Crippen molar-refractivity contribution in [1.29, 1.82) is 0 Å². The first-order chi connectivity index (χ1) is 16.5. The Morgan fingerprint density at radius 2 is 1.50 bits per heavy atom. The van der Waals surface area contributed by atoms with E-state index < -0.39 is 0 Å². The van der Waals surface area contributed by atoms with Crippen molar-refractivity contribution < 1.29 is 4.79 Å². The molecule has 3 aromatic carbocycles. The first-order valence-corrected chi connectivity index (χ1v) is 11.9. The van der Waals surface area contributed by atoms with Crippen molar-refractivity contribution in [3.8, 4) is 5.69 Å². The van der Waals surface area contributed by atoms with Gasteiger partial charge >= 0.3 is 0 Å². The van der Waals surface area contributed by atoms with Gasteiger partial charge in [0.25, 0.3) is 5.56 Å². The number of carbonyl (C=O) groups is 1. The second kappa shape index (κ2) is 10.5. The summed E-state index contributed by atoms with van der Waals surface area (Å²) in [5, 5.41) is 0.562. The third kappa shape index (κ3) is 5.09. The predicted molar refractivity (Wildman–Crippen MR) is 137 cm³/mol. The molecule has 1 unspecified atom stereocenters. The lowest BCUT2D eigenvalue weighted by Gasteiger charge is -2.31. The Bertz CT molecular complexity index is 1310. The molecule has 1 amide bonds. The van der Waals surface area contributed by atoms with Crippen LogP contribution in [0.5, 0.6) is 0 Å². The second-order valence-corrected chi connectivity index (χ2v) is 9.06. The molecule has 4 aromatic rings. The van der Waals surface area contributed by atoms with E-state index in [1.165, 1.54) is 5.56 Å². The van der Waals surface area contributed by atoms with Gasteiger partial charge in [0.15, 0.2) is 0 Å². The van der Waals surface area contributed by atoms with Crippen LogP contribution in [0.4, 0.5) is 0 Å². The highest BCUT2D eigenvalue weighted by Gasteiger charge is 2.27. The fraction of sp³-hybridized carbons (Fsp3) is 0.276. The van der Waals surface area contributed by atoms with Gasteiger partial charge in [-0.2, -0.15) is 0 Å². The van der Waals surface area contributed by atoms with Crippen LogP contribution in [-0.4, -0.2) is 26.9 Å². The molecule has 1 aromatic heterocycles. The third-order valence-corrected chi connectivity index (χ3v) is 6.04. The summed E-state index contributed by atoms with van der Waals surface area (Å²) in [5.41, 5.74) is 2.43. The van der Waals surface area contributed by atoms with E-state index in [4.69, 9.17) is 4.98 Å². The zero-order chi connectivity index (χ0) is 24.1. The van der Waals surface area contributed by atoms with Crippen LogP contribution in [0, 0.1) is 5.92 Å². The summed E-state index contributed by atoms with van der Waals surface area (Å²) in [6, 6.07) is 26.7. The van der Waals surface area contributed by atoms with Gasteiger partial charge in [0.2, 0.25) is 5.91 Å². The van der Waals surface area contributed by atoms with Gasteiger partial charge in [-0.1, -0.05) is 74.5 Å². The maximum Gasteiger partial charge on any atom is 0.266 e. The number of aromatic nitrogens is 2. The van der Waals surface area contributed by atoms with Crippen LogP contribution in [-0.2, 0) is 11.2 Å². The first-order valence-electron chi connectivity index (χ1n) is 11.9. The first kappa shape index (κ1) is 23.4. The molecule has 174 valence electrons. The van der Waals surface area contributed by atoms with Crippen molar-refractivity contribution in [3.63, 3.8) is 0 Å². The quantitative estimate of drug-likeness (QED) is 0.351. The van der Waals surface area contributed by atoms with Gasteiger partial charge in [-0.05, 0) is 49.1 Å². The molecule has 0 spiro atoms. The van der Waals surface area contributed by atoms with Crippen LogP contribution in [0.1, 0.15) is 44.6 Å². The summed E-state index contributed by atoms with van der Waals surface area (Å²) in [7, 11) is 0. The number of hydrogen-bond donors (Lipinski definition) is 0. The van der Waals surface area contributed by atoms with Crippen LogP contribution in [0.15, 0.2) is 89.7 Å². The normalized spacial score (nSPS) is 12.1. The van der Waals surface area contributed by atoms with Crippen LogP contribution >= 0.6 is 0 Å². The van der Waals surface area contributed by atoms with Gasteiger partial charge in [-0.15, -0.1) is 0 Å². The molecule has 34 heavy (non-hydrogen) atoms. The van der Waals surface area contributed by atoms with Gasteiger partial charge in [0.1, 0.15) is 5.82 Å². The van der Waals surface area contributed by atoms with Crippen molar-refractivity contribution in [2.24, 2.45) is 5.92 Å². The van der Waals surface area contributed by atoms with E-state index in [1.54, 1.807) is 10.6 Å². The Hall–Kier alpha value is -3.73. The standard InChI is InChI=1S/C29H31N3O2/c1-21(2)20-27(33)31(19-18-23-12-6-4-7-13-23)22(3)28-30-26-17-11-10-16-25(26)29(34)32(28)24-14-8-5-9-15-24/h4-17,21-22H,18-20H2,1-3H3. The second-order valence-electron chi connectivity index (χ2n) is 9.06. The molecule has 0 radical (unpaired) electrons. The van der Waals surface area contributed by atoms with Crippen LogP contribution in [0.25, 0.3) is 16.6 Å². The highest BCUT2D eigenvalue weighted by Crippen LogP contribution is 2.24. The number of para-hydroxylation sites is 2. The Balaban J connectivity index is 1.81. The van der Waals surface area contributed by atoms with E-state index in [2.05, 4.69) is 12.1 Å². The SMILES string of the molecule is CC(C)CC(=O)N(CCc1ccccc1)C(C)c1nc2ccccc2c(=O)n1-c1ccccc1. The zero-order valence-corrected chi connectivity index (χ0v) is 20.0. The summed E-state index contributed by atoms with van der Waals surface area (Å²) in [4.78, 5) is 33.8. The lowest BCUT2D eigenvalue weighted by atomic mass is 10.1. The molecule has 0 fully saturated rings. The predicted octanol–water partition coefficient (Wildman–Crippen LogP) is 5.56. The maximum atomic E-state index is 13.6. The fourth-order valence-electron chi connectivity index (χ4n) is 4.29. The van der Waals surface area contributed by atoms with Crippen molar-refractivity contribution in [2.75, 3.05) is 6.54 Å². The van der Waals surface area contributed by atoms with Crippen LogP contribution in [0.3, 0.4) is 0 Å². The Labute approximate surface area is 200 Å². The molecule has 0 aliphatic heterocycles. The van der Waals surface area contributed by atoms with Crippen LogP contribution < -0.4 is 5.56 Å². The Morgan fingerprint density at radius 3 is 2.18 bits per heavy atom. The molecule has 0 aliphatic carbocycles. The van der Waals surface area contributed by atoms with E-state index in [9.17, 15) is 9.59 Å². The summed E-state index contributed by atoms with van der Waals surface area (Å²) >= 11 is 0. The van der Waals surface area contributed by atoms with Gasteiger partial charge in [0.05, 0.1) is 22.6 Å². The van der Waals surface area contributed by atoms with Gasteiger partial charge in [-0.25, -0.2) is 4.98 Å².